The number of likely N-dealkylation sites (tertiary alicyclic amines) is 1. The summed E-state index contributed by atoms with van der Waals surface area (Å²) in [7, 11) is -2.14. The molecule has 1 fully saturated rings. The van der Waals surface area contributed by atoms with Crippen LogP contribution in [0.1, 0.15) is 34.0 Å². The van der Waals surface area contributed by atoms with Crippen LogP contribution in [-0.2, 0) is 15.6 Å². The van der Waals surface area contributed by atoms with E-state index >= 15 is 0 Å². The van der Waals surface area contributed by atoms with E-state index in [-0.39, 0.29) is 28.6 Å². The predicted octanol–water partition coefficient (Wildman–Crippen LogP) is 4.83. The molecule has 3 aromatic rings. The van der Waals surface area contributed by atoms with Gasteiger partial charge in [-0.05, 0) is 55.3 Å². The SMILES string of the molecule is COc1ccccc1S(=O)(=O)Cc1cccc(OC2CN(C(=O)c3cc(C)ccc3C)CC2C)c1. The Morgan fingerprint density at radius 2 is 1.77 bits per heavy atom. The average Bonchev–Trinajstić information content (AvgIpc) is 3.20. The number of carbonyl (C=O) groups is 1. The second kappa shape index (κ2) is 10.1. The van der Waals surface area contributed by atoms with Gasteiger partial charge in [-0.2, -0.15) is 0 Å². The molecule has 184 valence electrons. The van der Waals surface area contributed by atoms with Crippen LogP contribution in [0.4, 0.5) is 0 Å². The molecule has 1 aliphatic heterocycles. The highest BCUT2D eigenvalue weighted by Crippen LogP contribution is 2.29. The number of methoxy groups -OCH3 is 1. The highest BCUT2D eigenvalue weighted by Gasteiger charge is 2.35. The predicted molar refractivity (Wildman–Crippen MR) is 136 cm³/mol. The van der Waals surface area contributed by atoms with Crippen LogP contribution < -0.4 is 9.47 Å². The van der Waals surface area contributed by atoms with Crippen LogP contribution in [0.5, 0.6) is 11.5 Å². The van der Waals surface area contributed by atoms with Crippen LogP contribution >= 0.6 is 0 Å². The molecule has 3 aromatic carbocycles. The Bertz CT molecular complexity index is 1330. The smallest absolute Gasteiger partial charge is 0.254 e. The van der Waals surface area contributed by atoms with E-state index in [9.17, 15) is 13.2 Å². The molecule has 0 spiro atoms. The minimum atomic E-state index is -3.60. The van der Waals surface area contributed by atoms with Crippen molar-refractivity contribution in [1.29, 1.82) is 0 Å². The maximum atomic E-state index is 13.2. The van der Waals surface area contributed by atoms with Crippen molar-refractivity contribution in [3.63, 3.8) is 0 Å². The number of aryl methyl sites for hydroxylation is 2. The molecule has 0 aliphatic carbocycles. The zero-order chi connectivity index (χ0) is 25.2. The topological polar surface area (TPSA) is 72.9 Å². The number of nitrogens with zero attached hydrogens (tertiary/aromatic N) is 1. The van der Waals surface area contributed by atoms with E-state index < -0.39 is 9.84 Å². The average molecular weight is 494 g/mol. The summed E-state index contributed by atoms with van der Waals surface area (Å²) in [5.74, 6) is 0.914. The Morgan fingerprint density at radius 3 is 2.54 bits per heavy atom. The van der Waals surface area contributed by atoms with E-state index in [0.29, 0.717) is 30.2 Å². The fourth-order valence-electron chi connectivity index (χ4n) is 4.45. The minimum absolute atomic E-state index is 0.0146. The monoisotopic (exact) mass is 493 g/mol. The number of hydrogen-bond donors (Lipinski definition) is 0. The summed E-state index contributed by atoms with van der Waals surface area (Å²) < 4.78 is 37.5. The molecule has 0 aromatic heterocycles. The maximum absolute atomic E-state index is 13.2. The van der Waals surface area contributed by atoms with Crippen molar-refractivity contribution >= 4 is 15.7 Å². The Labute approximate surface area is 207 Å². The van der Waals surface area contributed by atoms with Crippen LogP contribution in [-0.4, -0.2) is 45.5 Å². The molecule has 35 heavy (non-hydrogen) atoms. The molecule has 0 radical (unpaired) electrons. The second-order valence-corrected chi connectivity index (χ2v) is 11.2. The number of sulfone groups is 1. The van der Waals surface area contributed by atoms with Crippen molar-refractivity contribution in [2.24, 2.45) is 5.92 Å². The van der Waals surface area contributed by atoms with Gasteiger partial charge < -0.3 is 14.4 Å². The highest BCUT2D eigenvalue weighted by molar-refractivity contribution is 7.90. The van der Waals surface area contributed by atoms with Gasteiger partial charge >= 0.3 is 0 Å². The third-order valence-corrected chi connectivity index (χ3v) is 8.12. The normalized spacial score (nSPS) is 17.9. The molecule has 0 N–H and O–H groups in total. The summed E-state index contributed by atoms with van der Waals surface area (Å²) in [6, 6.07) is 19.7. The molecule has 2 atom stereocenters. The number of ether oxygens (including phenoxy) is 2. The highest BCUT2D eigenvalue weighted by atomic mass is 32.2. The molecule has 7 heteroatoms. The van der Waals surface area contributed by atoms with Gasteiger partial charge in [0.05, 0.1) is 19.4 Å². The lowest BCUT2D eigenvalue weighted by Crippen LogP contribution is -2.31. The van der Waals surface area contributed by atoms with Gasteiger partial charge in [-0.1, -0.05) is 48.9 Å². The first-order valence-electron chi connectivity index (χ1n) is 11.7. The third-order valence-electron chi connectivity index (χ3n) is 6.40. The summed E-state index contributed by atoms with van der Waals surface area (Å²) in [4.78, 5) is 15.2. The number of benzene rings is 3. The van der Waals surface area contributed by atoms with E-state index in [0.717, 1.165) is 16.7 Å². The first kappa shape index (κ1) is 24.8. The van der Waals surface area contributed by atoms with Gasteiger partial charge in [0, 0.05) is 18.0 Å². The molecule has 1 aliphatic rings. The van der Waals surface area contributed by atoms with Crippen molar-refractivity contribution in [1.82, 2.24) is 4.90 Å². The molecule has 6 nitrogen and oxygen atoms in total. The second-order valence-electron chi connectivity index (χ2n) is 9.22. The van der Waals surface area contributed by atoms with Crippen molar-refractivity contribution in [3.05, 3.63) is 89.0 Å². The third kappa shape index (κ3) is 5.51. The summed E-state index contributed by atoms with van der Waals surface area (Å²) in [5, 5.41) is 0. The molecule has 1 heterocycles. The molecule has 1 saturated heterocycles. The molecule has 2 unspecified atom stereocenters. The molecular weight excluding hydrogens is 462 g/mol. The number of rotatable bonds is 7. The summed E-state index contributed by atoms with van der Waals surface area (Å²) in [5.41, 5.74) is 3.37. The van der Waals surface area contributed by atoms with Gasteiger partial charge in [-0.3, -0.25) is 4.79 Å². The molecule has 0 bridgehead atoms. The van der Waals surface area contributed by atoms with Crippen molar-refractivity contribution in [3.8, 4) is 11.5 Å². The number of amides is 1. The van der Waals surface area contributed by atoms with E-state index in [2.05, 4.69) is 6.92 Å². The van der Waals surface area contributed by atoms with Crippen molar-refractivity contribution in [2.75, 3.05) is 20.2 Å². The van der Waals surface area contributed by atoms with E-state index in [1.165, 1.54) is 7.11 Å². The lowest BCUT2D eigenvalue weighted by atomic mass is 10.0. The van der Waals surface area contributed by atoms with Crippen LogP contribution in [0.15, 0.2) is 71.6 Å². The van der Waals surface area contributed by atoms with E-state index in [1.807, 2.05) is 43.0 Å². The molecule has 0 saturated carbocycles. The Morgan fingerprint density at radius 1 is 1.00 bits per heavy atom. The van der Waals surface area contributed by atoms with Gasteiger partial charge in [-0.15, -0.1) is 0 Å². The Balaban J connectivity index is 1.47. The quantitative estimate of drug-likeness (QED) is 0.472. The number of carbonyl (C=O) groups excluding carboxylic acids is 1. The first-order valence-corrected chi connectivity index (χ1v) is 13.3. The van der Waals surface area contributed by atoms with Crippen LogP contribution in [0.3, 0.4) is 0 Å². The van der Waals surface area contributed by atoms with Gasteiger partial charge in [0.2, 0.25) is 0 Å². The number of hydrogen-bond acceptors (Lipinski definition) is 5. The van der Waals surface area contributed by atoms with Gasteiger partial charge in [0.1, 0.15) is 22.5 Å². The summed E-state index contributed by atoms with van der Waals surface area (Å²) >= 11 is 0. The van der Waals surface area contributed by atoms with Crippen molar-refractivity contribution in [2.45, 2.75) is 37.5 Å². The van der Waals surface area contributed by atoms with Crippen LogP contribution in [0.25, 0.3) is 0 Å². The standard InChI is InChI=1S/C28H31NO5S/c1-19-12-13-20(2)24(14-19)28(30)29-16-21(3)26(17-29)34-23-9-7-8-22(15-23)18-35(31,32)27-11-6-5-10-25(27)33-4/h5-15,21,26H,16-18H2,1-4H3. The van der Waals surface area contributed by atoms with Crippen LogP contribution in [0, 0.1) is 19.8 Å². The fraction of sp³-hybridized carbons (Fsp3) is 0.321. The fourth-order valence-corrected chi connectivity index (χ4v) is 5.97. The first-order chi connectivity index (χ1) is 16.7. The summed E-state index contributed by atoms with van der Waals surface area (Å²) in [6.45, 7) is 7.09. The lowest BCUT2D eigenvalue weighted by molar-refractivity contribution is 0.0771. The van der Waals surface area contributed by atoms with Crippen molar-refractivity contribution < 1.29 is 22.7 Å². The number of para-hydroxylation sites is 1. The summed E-state index contributed by atoms with van der Waals surface area (Å²) in [6.07, 6.45) is -0.176. The molecule has 4 rings (SSSR count). The largest absolute Gasteiger partial charge is 0.495 e. The molecular formula is C28H31NO5S. The van der Waals surface area contributed by atoms with Gasteiger partial charge in [0.15, 0.2) is 9.84 Å². The zero-order valence-electron chi connectivity index (χ0n) is 20.5. The zero-order valence-corrected chi connectivity index (χ0v) is 21.3. The Hall–Kier alpha value is -3.32. The van der Waals surface area contributed by atoms with Gasteiger partial charge in [-0.25, -0.2) is 8.42 Å². The van der Waals surface area contributed by atoms with E-state index in [1.54, 1.807) is 42.5 Å². The van der Waals surface area contributed by atoms with E-state index in [4.69, 9.17) is 9.47 Å². The minimum Gasteiger partial charge on any atom is -0.495 e. The maximum Gasteiger partial charge on any atom is 0.254 e. The molecule has 1 amide bonds. The lowest BCUT2D eigenvalue weighted by Gasteiger charge is -2.19. The van der Waals surface area contributed by atoms with Crippen LogP contribution in [0.2, 0.25) is 0 Å². The Kier molecular flexibility index (Phi) is 7.17. The van der Waals surface area contributed by atoms with Gasteiger partial charge in [0.25, 0.3) is 5.91 Å².